The summed E-state index contributed by atoms with van der Waals surface area (Å²) in [6, 6.07) is 84.0. The Morgan fingerprint density at radius 1 is 0.368 bits per heavy atom. The number of nitrogens with zero attached hydrogens (tertiary/aromatic N) is 3. The number of amidine groups is 2. The van der Waals surface area contributed by atoms with Crippen molar-refractivity contribution in [2.24, 2.45) is 9.98 Å². The molecular weight excluding hydrogens is 825 g/mol. The van der Waals surface area contributed by atoms with Crippen molar-refractivity contribution >= 4 is 44.0 Å². The van der Waals surface area contributed by atoms with E-state index in [1.807, 2.05) is 24.3 Å². The van der Waals surface area contributed by atoms with Crippen LogP contribution in [0.3, 0.4) is 0 Å². The van der Waals surface area contributed by atoms with E-state index in [1.54, 1.807) is 0 Å². The third kappa shape index (κ3) is 6.52. The van der Waals surface area contributed by atoms with Crippen LogP contribution >= 0.6 is 0 Å². The van der Waals surface area contributed by atoms with Gasteiger partial charge in [0.2, 0.25) is 0 Å². The van der Waals surface area contributed by atoms with Crippen molar-refractivity contribution in [1.82, 2.24) is 5.32 Å². The smallest absolute Gasteiger partial charge is 0.159 e. The van der Waals surface area contributed by atoms with Crippen molar-refractivity contribution in [3.63, 3.8) is 0 Å². The first-order chi connectivity index (χ1) is 33.7. The zero-order valence-corrected chi connectivity index (χ0v) is 36.9. The third-order valence-electron chi connectivity index (χ3n) is 13.7. The zero-order chi connectivity index (χ0) is 45.1. The SMILES string of the molecule is N#Cc1ccc(-c2cccc(-c3ccccc3C3N=C(c4ccccc4)N=C(c4ccc5c(c4)-c4cccc6cccc-5c46)N3)c2)cc1-c1ccccc1-c1cccc2c1ccc1ccccc12. The molecule has 4 nitrogen and oxygen atoms in total. The van der Waals surface area contributed by atoms with Gasteiger partial charge in [-0.3, -0.25) is 0 Å². The number of rotatable bonds is 7. The summed E-state index contributed by atoms with van der Waals surface area (Å²) >= 11 is 0. The molecule has 316 valence electrons. The van der Waals surface area contributed by atoms with E-state index in [0.29, 0.717) is 11.4 Å². The van der Waals surface area contributed by atoms with E-state index in [0.717, 1.165) is 67.0 Å². The highest BCUT2D eigenvalue weighted by atomic mass is 15.2. The van der Waals surface area contributed by atoms with Crippen LogP contribution in [0.25, 0.3) is 99.1 Å². The van der Waals surface area contributed by atoms with Crippen molar-refractivity contribution in [2.75, 3.05) is 0 Å². The van der Waals surface area contributed by atoms with Gasteiger partial charge in [-0.1, -0.05) is 206 Å². The van der Waals surface area contributed by atoms with Crippen molar-refractivity contribution in [3.8, 4) is 72.8 Å². The molecule has 1 N–H and O–H groups in total. The van der Waals surface area contributed by atoms with E-state index in [2.05, 4.69) is 218 Å². The number of fused-ring (bicyclic) bond motifs is 6. The van der Waals surface area contributed by atoms with Crippen molar-refractivity contribution < 1.29 is 0 Å². The summed E-state index contributed by atoms with van der Waals surface area (Å²) in [6.45, 7) is 0. The molecule has 13 rings (SSSR count). The Hall–Kier alpha value is -9.17. The van der Waals surface area contributed by atoms with Gasteiger partial charge in [-0.25, -0.2) is 9.98 Å². The number of hydrogen-bond donors (Lipinski definition) is 1. The minimum atomic E-state index is -0.420. The number of nitriles is 1. The van der Waals surface area contributed by atoms with Gasteiger partial charge in [0, 0.05) is 22.3 Å². The molecule has 0 aromatic heterocycles. The minimum absolute atomic E-state index is 0.420. The third-order valence-corrected chi connectivity index (χ3v) is 13.7. The summed E-state index contributed by atoms with van der Waals surface area (Å²) in [7, 11) is 0. The van der Waals surface area contributed by atoms with Gasteiger partial charge in [0.15, 0.2) is 5.84 Å². The average Bonchev–Trinajstić information content (AvgIpc) is 3.74. The Bertz CT molecular complexity index is 3960. The number of benzene rings is 11. The molecule has 0 saturated carbocycles. The van der Waals surface area contributed by atoms with Crippen molar-refractivity contribution in [1.29, 1.82) is 5.26 Å². The molecule has 0 bridgehead atoms. The van der Waals surface area contributed by atoms with Crippen LogP contribution < -0.4 is 5.32 Å². The lowest BCUT2D eigenvalue weighted by Gasteiger charge is -2.26. The maximum atomic E-state index is 10.6. The van der Waals surface area contributed by atoms with Crippen LogP contribution in [0.1, 0.15) is 28.4 Å². The van der Waals surface area contributed by atoms with Gasteiger partial charge in [0.25, 0.3) is 0 Å². The monoisotopic (exact) mass is 864 g/mol. The Balaban J connectivity index is 0.881. The maximum Gasteiger partial charge on any atom is 0.159 e. The lowest BCUT2D eigenvalue weighted by Crippen LogP contribution is -2.33. The molecule has 0 saturated heterocycles. The highest BCUT2D eigenvalue weighted by Gasteiger charge is 2.27. The molecule has 1 atom stereocenters. The molecule has 0 fully saturated rings. The Kier molecular flexibility index (Phi) is 9.26. The second-order valence-electron chi connectivity index (χ2n) is 17.6. The van der Waals surface area contributed by atoms with E-state index in [1.165, 1.54) is 54.6 Å². The van der Waals surface area contributed by atoms with Crippen LogP contribution in [0, 0.1) is 11.3 Å². The molecule has 1 aliphatic carbocycles. The fraction of sp³-hybridized carbons (Fsp3) is 0.0156. The highest BCUT2D eigenvalue weighted by Crippen LogP contribution is 2.48. The maximum absolute atomic E-state index is 10.6. The molecule has 2 aliphatic rings. The summed E-state index contributed by atoms with van der Waals surface area (Å²) in [4.78, 5) is 10.5. The fourth-order valence-electron chi connectivity index (χ4n) is 10.5. The van der Waals surface area contributed by atoms with Crippen LogP contribution in [0.4, 0.5) is 0 Å². The van der Waals surface area contributed by atoms with Gasteiger partial charge >= 0.3 is 0 Å². The molecule has 0 spiro atoms. The fourth-order valence-corrected chi connectivity index (χ4v) is 10.5. The lowest BCUT2D eigenvalue weighted by molar-refractivity contribution is 0.676. The Morgan fingerprint density at radius 3 is 1.81 bits per heavy atom. The molecule has 0 amide bonds. The van der Waals surface area contributed by atoms with Crippen LogP contribution in [0.2, 0.25) is 0 Å². The second kappa shape index (κ2) is 16.1. The van der Waals surface area contributed by atoms with Crippen LogP contribution in [-0.4, -0.2) is 11.7 Å². The summed E-state index contributed by atoms with van der Waals surface area (Å²) < 4.78 is 0. The predicted molar refractivity (Wildman–Crippen MR) is 282 cm³/mol. The van der Waals surface area contributed by atoms with Crippen LogP contribution in [-0.2, 0) is 0 Å². The van der Waals surface area contributed by atoms with E-state index in [4.69, 9.17) is 9.98 Å². The van der Waals surface area contributed by atoms with Gasteiger partial charge in [0.1, 0.15) is 12.0 Å². The first-order valence-corrected chi connectivity index (χ1v) is 23.1. The Morgan fingerprint density at radius 2 is 0.956 bits per heavy atom. The van der Waals surface area contributed by atoms with Gasteiger partial charge < -0.3 is 5.32 Å². The summed E-state index contributed by atoms with van der Waals surface area (Å²) in [5, 5.41) is 21.7. The molecule has 1 aliphatic heterocycles. The first kappa shape index (κ1) is 39.2. The van der Waals surface area contributed by atoms with Crippen LogP contribution in [0.5, 0.6) is 0 Å². The highest BCUT2D eigenvalue weighted by molar-refractivity contribution is 6.18. The molecule has 1 unspecified atom stereocenters. The standard InChI is InChI=1S/C64H40N4/c65-39-47-31-30-44(37-59(47)53-24-8-7-23-51(53)52-27-13-26-50-48-21-5-4-14-40(48)32-34-54(50)52)43-19-10-20-45(36-43)49-22-6-9-25-58(49)64-67-62(42-15-2-1-3-16-42)66-63(68-64)46-33-35-55-56-28-11-17-41-18-12-29-57(61(41)56)60(55)38-46/h1-38,64H,(H,66,67,68). The molecular formula is C64H40N4. The zero-order valence-electron chi connectivity index (χ0n) is 36.9. The summed E-state index contributed by atoms with van der Waals surface area (Å²) in [6.07, 6.45) is -0.420. The molecule has 11 aromatic carbocycles. The van der Waals surface area contributed by atoms with Gasteiger partial charge in [-0.15, -0.1) is 0 Å². The molecule has 11 aromatic rings. The topological polar surface area (TPSA) is 60.5 Å². The minimum Gasteiger partial charge on any atom is -0.344 e. The molecule has 68 heavy (non-hydrogen) atoms. The van der Waals surface area contributed by atoms with Crippen molar-refractivity contribution in [3.05, 3.63) is 253 Å². The lowest BCUT2D eigenvalue weighted by atomic mass is 9.87. The summed E-state index contributed by atoms with van der Waals surface area (Å²) in [5.41, 5.74) is 17.0. The Labute approximate surface area is 394 Å². The van der Waals surface area contributed by atoms with Gasteiger partial charge in [0.05, 0.1) is 11.6 Å². The van der Waals surface area contributed by atoms with Crippen molar-refractivity contribution in [2.45, 2.75) is 6.17 Å². The van der Waals surface area contributed by atoms with E-state index in [9.17, 15) is 5.26 Å². The molecule has 0 radical (unpaired) electrons. The normalized spacial score (nSPS) is 13.7. The predicted octanol–water partition coefficient (Wildman–Crippen LogP) is 15.8. The largest absolute Gasteiger partial charge is 0.344 e. The average molecular weight is 865 g/mol. The number of hydrogen-bond acceptors (Lipinski definition) is 4. The first-order valence-electron chi connectivity index (χ1n) is 23.1. The number of nitrogens with one attached hydrogen (secondary N) is 1. The summed E-state index contributed by atoms with van der Waals surface area (Å²) in [5.74, 6) is 1.46. The van der Waals surface area contributed by atoms with E-state index in [-0.39, 0.29) is 0 Å². The van der Waals surface area contributed by atoms with Crippen LogP contribution in [0.15, 0.2) is 241 Å². The molecule has 1 heterocycles. The van der Waals surface area contributed by atoms with Gasteiger partial charge in [-0.2, -0.15) is 5.26 Å². The number of aliphatic imine (C=N–C) groups is 2. The van der Waals surface area contributed by atoms with E-state index < -0.39 is 6.17 Å². The quantitative estimate of drug-likeness (QED) is 0.162. The van der Waals surface area contributed by atoms with Gasteiger partial charge in [-0.05, 0) is 118 Å². The molecule has 4 heteroatoms. The second-order valence-corrected chi connectivity index (χ2v) is 17.6. The van der Waals surface area contributed by atoms with E-state index >= 15 is 0 Å².